The maximum absolute atomic E-state index is 13.1. The predicted octanol–water partition coefficient (Wildman–Crippen LogP) is 4.01. The lowest BCUT2D eigenvalue weighted by molar-refractivity contribution is 0.427. The summed E-state index contributed by atoms with van der Waals surface area (Å²) in [6.45, 7) is 4.34. The van der Waals surface area contributed by atoms with Crippen molar-refractivity contribution in [3.8, 4) is 0 Å². The minimum absolute atomic E-state index is 0.136. The molecule has 0 fully saturated rings. The fourth-order valence-corrected chi connectivity index (χ4v) is 7.01. The zero-order chi connectivity index (χ0) is 15.5. The third-order valence-corrected chi connectivity index (χ3v) is 8.18. The van der Waals surface area contributed by atoms with Gasteiger partial charge in [0.05, 0.1) is 10.1 Å². The van der Waals surface area contributed by atoms with E-state index < -0.39 is 9.84 Å². The van der Waals surface area contributed by atoms with E-state index in [9.17, 15) is 8.42 Å². The molecule has 22 heavy (non-hydrogen) atoms. The van der Waals surface area contributed by atoms with Crippen LogP contribution in [0.2, 0.25) is 0 Å². The van der Waals surface area contributed by atoms with E-state index in [-0.39, 0.29) is 11.2 Å². The van der Waals surface area contributed by atoms with Crippen molar-refractivity contribution in [3.63, 3.8) is 0 Å². The second kappa shape index (κ2) is 4.82. The van der Waals surface area contributed by atoms with Crippen molar-refractivity contribution in [2.45, 2.75) is 36.8 Å². The van der Waals surface area contributed by atoms with Crippen LogP contribution in [0.3, 0.4) is 0 Å². The van der Waals surface area contributed by atoms with Crippen LogP contribution in [0.1, 0.15) is 26.7 Å². The Labute approximate surface area is 132 Å². The first-order valence-corrected chi connectivity index (χ1v) is 9.76. The van der Waals surface area contributed by atoms with Crippen LogP contribution < -0.4 is 0 Å². The summed E-state index contributed by atoms with van der Waals surface area (Å²) in [4.78, 5) is 0.474. The highest BCUT2D eigenvalue weighted by atomic mass is 32.2. The van der Waals surface area contributed by atoms with E-state index in [1.165, 1.54) is 12.0 Å². The molecule has 0 amide bonds. The molecule has 0 radical (unpaired) electrons. The molecule has 0 saturated heterocycles. The molecule has 4 rings (SSSR count). The second-order valence-electron chi connectivity index (χ2n) is 7.07. The Morgan fingerprint density at radius 3 is 2.23 bits per heavy atom. The fourth-order valence-electron chi connectivity index (χ4n) is 4.90. The summed E-state index contributed by atoms with van der Waals surface area (Å²) in [5.41, 5.74) is 3.00. The van der Waals surface area contributed by atoms with Gasteiger partial charge in [0.1, 0.15) is 0 Å². The Bertz CT molecular complexity index is 758. The van der Waals surface area contributed by atoms with Gasteiger partial charge in [-0.1, -0.05) is 55.3 Å². The first-order chi connectivity index (χ1) is 10.5. The highest BCUT2D eigenvalue weighted by Crippen LogP contribution is 2.55. The average molecular weight is 314 g/mol. The van der Waals surface area contributed by atoms with Crippen molar-refractivity contribution in [1.82, 2.24) is 0 Å². The summed E-state index contributed by atoms with van der Waals surface area (Å²) >= 11 is 0. The first-order valence-electron chi connectivity index (χ1n) is 8.21. The molecule has 3 aliphatic carbocycles. The van der Waals surface area contributed by atoms with Crippen LogP contribution in [0, 0.1) is 23.7 Å². The third kappa shape index (κ3) is 1.88. The molecule has 3 aliphatic rings. The number of sulfone groups is 1. The molecule has 1 aromatic rings. The maximum atomic E-state index is 13.1. The lowest BCUT2D eigenvalue weighted by atomic mass is 9.73. The maximum Gasteiger partial charge on any atom is 0.181 e. The first kappa shape index (κ1) is 14.3. The van der Waals surface area contributed by atoms with Crippen LogP contribution in [0.15, 0.2) is 58.5 Å². The number of fused-ring (bicyclic) bond motifs is 4. The van der Waals surface area contributed by atoms with Crippen molar-refractivity contribution >= 4 is 9.84 Å². The number of hydrogen-bond donors (Lipinski definition) is 0. The van der Waals surface area contributed by atoms with Crippen LogP contribution >= 0.6 is 0 Å². The van der Waals surface area contributed by atoms with Gasteiger partial charge in [-0.2, -0.15) is 0 Å². The monoisotopic (exact) mass is 314 g/mol. The van der Waals surface area contributed by atoms with Gasteiger partial charge < -0.3 is 0 Å². The van der Waals surface area contributed by atoms with Gasteiger partial charge in [-0.25, -0.2) is 8.42 Å². The summed E-state index contributed by atoms with van der Waals surface area (Å²) in [5, 5.41) is -0.281. The van der Waals surface area contributed by atoms with E-state index in [4.69, 9.17) is 0 Å². The van der Waals surface area contributed by atoms with Gasteiger partial charge in [-0.3, -0.25) is 0 Å². The second-order valence-corrected chi connectivity index (χ2v) is 9.23. The van der Waals surface area contributed by atoms with Crippen molar-refractivity contribution in [1.29, 1.82) is 0 Å². The van der Waals surface area contributed by atoms with E-state index in [2.05, 4.69) is 26.0 Å². The van der Waals surface area contributed by atoms with Crippen molar-refractivity contribution < 1.29 is 8.42 Å². The molecule has 0 aromatic heterocycles. The zero-order valence-corrected chi connectivity index (χ0v) is 13.9. The summed E-state index contributed by atoms with van der Waals surface area (Å²) in [5.74, 6) is 1.59. The van der Waals surface area contributed by atoms with E-state index >= 15 is 0 Å². The van der Waals surface area contributed by atoms with Crippen LogP contribution in [-0.4, -0.2) is 13.7 Å². The van der Waals surface area contributed by atoms with Gasteiger partial charge in [0, 0.05) is 0 Å². The predicted molar refractivity (Wildman–Crippen MR) is 88.1 cm³/mol. The molecule has 2 nitrogen and oxygen atoms in total. The molecule has 0 heterocycles. The van der Waals surface area contributed by atoms with Crippen LogP contribution in [0.5, 0.6) is 0 Å². The molecular formula is C19H22O2S. The van der Waals surface area contributed by atoms with E-state index in [1.54, 1.807) is 17.7 Å². The normalized spacial score (nSPS) is 36.7. The van der Waals surface area contributed by atoms with Crippen molar-refractivity contribution in [2.75, 3.05) is 0 Å². The number of allylic oxidation sites excluding steroid dienone is 4. The molecule has 0 unspecified atom stereocenters. The molecule has 116 valence electrons. The topological polar surface area (TPSA) is 34.1 Å². The zero-order valence-electron chi connectivity index (χ0n) is 13.1. The quantitative estimate of drug-likeness (QED) is 0.773. The number of rotatable bonds is 2. The molecule has 2 bridgehead atoms. The van der Waals surface area contributed by atoms with E-state index in [0.717, 1.165) is 6.42 Å². The third-order valence-electron chi connectivity index (χ3n) is 5.85. The highest BCUT2D eigenvalue weighted by molar-refractivity contribution is 7.92. The summed E-state index contributed by atoms with van der Waals surface area (Å²) < 4.78 is 26.2. The summed E-state index contributed by atoms with van der Waals surface area (Å²) in [6.07, 6.45) is 6.56. The molecule has 0 aliphatic heterocycles. The Kier molecular flexibility index (Phi) is 3.12. The minimum atomic E-state index is -3.26. The van der Waals surface area contributed by atoms with Gasteiger partial charge in [0.25, 0.3) is 0 Å². The lowest BCUT2D eigenvalue weighted by Crippen LogP contribution is -2.37. The van der Waals surface area contributed by atoms with Gasteiger partial charge in [-0.15, -0.1) is 0 Å². The SMILES string of the molecule is C[C@@H]1C2=C([C@@H](C)C[C@H]1S(=O)(=O)c1ccccc1)[C@H]1C=C[C@H]2C1. The summed E-state index contributed by atoms with van der Waals surface area (Å²) in [6, 6.07) is 8.96. The lowest BCUT2D eigenvalue weighted by Gasteiger charge is -2.37. The number of benzene rings is 1. The molecule has 1 aromatic carbocycles. The Morgan fingerprint density at radius 1 is 0.909 bits per heavy atom. The Morgan fingerprint density at radius 2 is 1.55 bits per heavy atom. The number of hydrogen-bond acceptors (Lipinski definition) is 2. The average Bonchev–Trinajstić information content (AvgIpc) is 3.13. The molecule has 0 spiro atoms. The molecule has 5 atom stereocenters. The van der Waals surface area contributed by atoms with E-state index in [1.807, 2.05) is 18.2 Å². The van der Waals surface area contributed by atoms with Gasteiger partial charge in [-0.05, 0) is 48.6 Å². The molecular weight excluding hydrogens is 292 g/mol. The largest absolute Gasteiger partial charge is 0.223 e. The minimum Gasteiger partial charge on any atom is -0.223 e. The molecule has 0 N–H and O–H groups in total. The standard InChI is InChI=1S/C19H22O2S/c1-12-10-17(22(20,21)16-6-4-3-5-7-16)13(2)19-15-9-8-14(11-15)18(12)19/h3-9,12-15,17H,10-11H2,1-2H3/t12-,13-,14-,15-,17+/m0/s1. The molecule has 0 saturated carbocycles. The van der Waals surface area contributed by atoms with Gasteiger partial charge in [0.2, 0.25) is 0 Å². The van der Waals surface area contributed by atoms with Gasteiger partial charge in [0.15, 0.2) is 9.84 Å². The Hall–Kier alpha value is -1.35. The highest BCUT2D eigenvalue weighted by Gasteiger charge is 2.48. The van der Waals surface area contributed by atoms with Crippen LogP contribution in [0.25, 0.3) is 0 Å². The van der Waals surface area contributed by atoms with Gasteiger partial charge >= 0.3 is 0 Å². The fraction of sp³-hybridized carbons (Fsp3) is 0.474. The van der Waals surface area contributed by atoms with Crippen LogP contribution in [0.4, 0.5) is 0 Å². The van der Waals surface area contributed by atoms with Crippen molar-refractivity contribution in [2.24, 2.45) is 23.7 Å². The molecule has 3 heteroatoms. The van der Waals surface area contributed by atoms with E-state index in [0.29, 0.717) is 22.6 Å². The van der Waals surface area contributed by atoms with Crippen LogP contribution in [-0.2, 0) is 9.84 Å². The Balaban J connectivity index is 1.75. The van der Waals surface area contributed by atoms with Crippen molar-refractivity contribution in [3.05, 3.63) is 53.6 Å². The summed E-state index contributed by atoms with van der Waals surface area (Å²) in [7, 11) is -3.26. The smallest absolute Gasteiger partial charge is 0.181 e.